The number of pyridine rings is 1. The number of nitrogens with one attached hydrogen (secondary N) is 1. The van der Waals surface area contributed by atoms with Crippen LogP contribution in [0, 0.1) is 25.2 Å². The maximum Gasteiger partial charge on any atom is 0.252 e. The molecule has 2 aromatic carbocycles. The molecular weight excluding hydrogens is 402 g/mol. The van der Waals surface area contributed by atoms with E-state index in [1.807, 2.05) is 69.3 Å². The maximum absolute atomic E-state index is 13.5. The Morgan fingerprint density at radius 3 is 2.56 bits per heavy atom. The lowest BCUT2D eigenvalue weighted by atomic mass is 10.0. The standard InChI is InChI=1S/C25H23N5O2/c1-4-21(29-22(31)13-17(3)20-12-8-9-16(2)23(20)29)25(32)28-24-18(14-26)15-27-30(24)19-10-6-5-7-11-19/h5-13,15,21H,4H2,1-3H3,(H,28,32). The largest absolute Gasteiger partial charge is 0.308 e. The van der Waals surface area contributed by atoms with E-state index in [4.69, 9.17) is 0 Å². The fraction of sp³-hybridized carbons (Fsp3) is 0.200. The Morgan fingerprint density at radius 1 is 1.12 bits per heavy atom. The molecule has 1 unspecified atom stereocenters. The number of aryl methyl sites for hydroxylation is 2. The number of anilines is 1. The van der Waals surface area contributed by atoms with E-state index < -0.39 is 6.04 Å². The molecule has 2 heterocycles. The topological polar surface area (TPSA) is 92.7 Å². The summed E-state index contributed by atoms with van der Waals surface area (Å²) in [6.07, 6.45) is 1.82. The van der Waals surface area contributed by atoms with Gasteiger partial charge < -0.3 is 5.32 Å². The van der Waals surface area contributed by atoms with Crippen LogP contribution in [0.15, 0.2) is 65.6 Å². The van der Waals surface area contributed by atoms with Crippen molar-refractivity contribution < 1.29 is 4.79 Å². The van der Waals surface area contributed by atoms with Crippen LogP contribution in [0.4, 0.5) is 5.82 Å². The third-order valence-corrected chi connectivity index (χ3v) is 5.61. The van der Waals surface area contributed by atoms with Crippen molar-refractivity contribution in [3.8, 4) is 11.8 Å². The Labute approximate surface area is 185 Å². The average Bonchev–Trinajstić information content (AvgIpc) is 3.19. The fourth-order valence-corrected chi connectivity index (χ4v) is 4.05. The number of nitrogens with zero attached hydrogens (tertiary/aromatic N) is 4. The van der Waals surface area contributed by atoms with Crippen LogP contribution in [-0.2, 0) is 4.79 Å². The Bertz CT molecular complexity index is 1410. The highest BCUT2D eigenvalue weighted by Crippen LogP contribution is 2.26. The van der Waals surface area contributed by atoms with E-state index in [1.54, 1.807) is 10.6 Å². The monoisotopic (exact) mass is 425 g/mol. The Kier molecular flexibility index (Phi) is 5.61. The zero-order valence-corrected chi connectivity index (χ0v) is 18.2. The van der Waals surface area contributed by atoms with Crippen molar-refractivity contribution in [2.75, 3.05) is 5.32 Å². The van der Waals surface area contributed by atoms with Gasteiger partial charge in [0, 0.05) is 11.5 Å². The second kappa shape index (κ2) is 8.52. The van der Waals surface area contributed by atoms with Gasteiger partial charge in [-0.15, -0.1) is 0 Å². The van der Waals surface area contributed by atoms with Crippen molar-refractivity contribution in [1.29, 1.82) is 5.26 Å². The number of carbonyl (C=O) groups excluding carboxylic acids is 1. The average molecular weight is 425 g/mol. The molecule has 1 N–H and O–H groups in total. The van der Waals surface area contributed by atoms with Crippen LogP contribution >= 0.6 is 0 Å². The van der Waals surface area contributed by atoms with Crippen LogP contribution in [0.25, 0.3) is 16.6 Å². The number of aromatic nitrogens is 3. The summed E-state index contributed by atoms with van der Waals surface area (Å²) in [5.41, 5.74) is 3.26. The minimum Gasteiger partial charge on any atom is -0.308 e. The number of hydrogen-bond acceptors (Lipinski definition) is 4. The SMILES string of the molecule is CCC(C(=O)Nc1c(C#N)cnn1-c1ccccc1)n1c(=O)cc(C)c2cccc(C)c21. The molecule has 0 saturated heterocycles. The number of nitriles is 1. The van der Waals surface area contributed by atoms with Crippen molar-refractivity contribution in [3.63, 3.8) is 0 Å². The predicted molar refractivity (Wildman–Crippen MR) is 124 cm³/mol. The first-order valence-electron chi connectivity index (χ1n) is 10.4. The number of benzene rings is 2. The van der Waals surface area contributed by atoms with Gasteiger partial charge >= 0.3 is 0 Å². The minimum atomic E-state index is -0.752. The third kappa shape index (κ3) is 3.56. The van der Waals surface area contributed by atoms with E-state index >= 15 is 0 Å². The molecule has 32 heavy (non-hydrogen) atoms. The van der Waals surface area contributed by atoms with Crippen LogP contribution in [0.2, 0.25) is 0 Å². The summed E-state index contributed by atoms with van der Waals surface area (Å²) in [5.74, 6) is -0.0967. The summed E-state index contributed by atoms with van der Waals surface area (Å²) in [6.45, 7) is 5.69. The summed E-state index contributed by atoms with van der Waals surface area (Å²) < 4.78 is 3.08. The van der Waals surface area contributed by atoms with Crippen molar-refractivity contribution >= 4 is 22.6 Å². The van der Waals surface area contributed by atoms with Gasteiger partial charge in [0.25, 0.3) is 5.56 Å². The molecule has 0 fully saturated rings. The molecule has 7 heteroatoms. The van der Waals surface area contributed by atoms with Crippen LogP contribution in [0.3, 0.4) is 0 Å². The van der Waals surface area contributed by atoms with Crippen molar-refractivity contribution in [3.05, 3.63) is 87.8 Å². The zero-order valence-electron chi connectivity index (χ0n) is 18.2. The quantitative estimate of drug-likeness (QED) is 0.517. The van der Waals surface area contributed by atoms with Crippen LogP contribution in [-0.4, -0.2) is 20.3 Å². The maximum atomic E-state index is 13.5. The van der Waals surface area contributed by atoms with Gasteiger partial charge in [-0.05, 0) is 43.5 Å². The molecule has 1 atom stereocenters. The first-order valence-corrected chi connectivity index (χ1v) is 10.4. The first kappa shape index (κ1) is 21.1. The van der Waals surface area contributed by atoms with Crippen molar-refractivity contribution in [2.24, 2.45) is 0 Å². The molecule has 2 aromatic heterocycles. The number of hydrogen-bond donors (Lipinski definition) is 1. The van der Waals surface area contributed by atoms with E-state index in [1.165, 1.54) is 10.9 Å². The molecule has 4 aromatic rings. The van der Waals surface area contributed by atoms with E-state index in [2.05, 4.69) is 16.5 Å². The smallest absolute Gasteiger partial charge is 0.252 e. The van der Waals surface area contributed by atoms with Crippen LogP contribution < -0.4 is 10.9 Å². The number of carbonyl (C=O) groups is 1. The summed E-state index contributed by atoms with van der Waals surface area (Å²) in [5, 5.41) is 17.6. The molecular formula is C25H23N5O2. The van der Waals surface area contributed by atoms with Crippen molar-refractivity contribution in [1.82, 2.24) is 14.3 Å². The van der Waals surface area contributed by atoms with Gasteiger partial charge in [-0.3, -0.25) is 14.2 Å². The summed E-state index contributed by atoms with van der Waals surface area (Å²) in [4.78, 5) is 26.5. The lowest BCUT2D eigenvalue weighted by molar-refractivity contribution is -0.119. The second-order valence-electron chi connectivity index (χ2n) is 7.69. The number of amides is 1. The highest BCUT2D eigenvalue weighted by molar-refractivity contribution is 5.96. The molecule has 0 aliphatic heterocycles. The molecule has 0 bridgehead atoms. The number of rotatable bonds is 5. The highest BCUT2D eigenvalue weighted by atomic mass is 16.2. The number of fused-ring (bicyclic) bond motifs is 1. The van der Waals surface area contributed by atoms with Gasteiger partial charge in [-0.2, -0.15) is 10.4 Å². The molecule has 160 valence electrons. The van der Waals surface area contributed by atoms with E-state index in [9.17, 15) is 14.9 Å². The number of para-hydroxylation sites is 2. The lowest BCUT2D eigenvalue weighted by Gasteiger charge is -2.22. The summed E-state index contributed by atoms with van der Waals surface area (Å²) >= 11 is 0. The van der Waals surface area contributed by atoms with E-state index in [-0.39, 0.29) is 22.8 Å². The normalized spacial score (nSPS) is 11.8. The van der Waals surface area contributed by atoms with E-state index in [0.29, 0.717) is 12.1 Å². The molecule has 0 aliphatic carbocycles. The first-order chi connectivity index (χ1) is 15.5. The molecule has 0 saturated carbocycles. The second-order valence-corrected chi connectivity index (χ2v) is 7.69. The Hall–Kier alpha value is -4.18. The molecule has 7 nitrogen and oxygen atoms in total. The Balaban J connectivity index is 1.81. The summed E-state index contributed by atoms with van der Waals surface area (Å²) in [7, 11) is 0. The highest BCUT2D eigenvalue weighted by Gasteiger charge is 2.25. The molecule has 1 amide bonds. The Morgan fingerprint density at radius 2 is 1.88 bits per heavy atom. The molecule has 0 aliphatic rings. The fourth-order valence-electron chi connectivity index (χ4n) is 4.05. The van der Waals surface area contributed by atoms with Crippen LogP contribution in [0.1, 0.15) is 36.1 Å². The lowest BCUT2D eigenvalue weighted by Crippen LogP contribution is -2.34. The van der Waals surface area contributed by atoms with Gasteiger partial charge in [0.05, 0.1) is 17.4 Å². The van der Waals surface area contributed by atoms with Gasteiger partial charge in [0.15, 0.2) is 5.82 Å². The van der Waals surface area contributed by atoms with Gasteiger partial charge in [-0.1, -0.05) is 43.3 Å². The van der Waals surface area contributed by atoms with Gasteiger partial charge in [0.1, 0.15) is 17.7 Å². The van der Waals surface area contributed by atoms with Crippen molar-refractivity contribution in [2.45, 2.75) is 33.2 Å². The molecule has 0 radical (unpaired) electrons. The van der Waals surface area contributed by atoms with Crippen LogP contribution in [0.5, 0.6) is 0 Å². The predicted octanol–water partition coefficient (Wildman–Crippen LogP) is 4.27. The third-order valence-electron chi connectivity index (χ3n) is 5.61. The zero-order chi connectivity index (χ0) is 22.8. The summed E-state index contributed by atoms with van der Waals surface area (Å²) in [6, 6.07) is 18.0. The minimum absolute atomic E-state index is 0.233. The molecule has 4 rings (SSSR count). The van der Waals surface area contributed by atoms with E-state index in [0.717, 1.165) is 22.0 Å². The molecule has 0 spiro atoms. The van der Waals surface area contributed by atoms with Gasteiger partial charge in [-0.25, -0.2) is 4.68 Å². The van der Waals surface area contributed by atoms with Gasteiger partial charge in [0.2, 0.25) is 5.91 Å².